The first-order chi connectivity index (χ1) is 7.63. The van der Waals surface area contributed by atoms with Gasteiger partial charge in [0.05, 0.1) is 0 Å². The minimum Gasteiger partial charge on any atom is -0.352 e. The Balaban J connectivity index is 2.20. The van der Waals surface area contributed by atoms with E-state index in [0.717, 1.165) is 17.9 Å². The highest BCUT2D eigenvalue weighted by atomic mass is 32.2. The van der Waals surface area contributed by atoms with Crippen LogP contribution < -0.4 is 10.6 Å². The third-order valence-electron chi connectivity index (χ3n) is 2.60. The Kier molecular flexibility index (Phi) is 5.66. The zero-order valence-corrected chi connectivity index (χ0v) is 10.7. The van der Waals surface area contributed by atoms with Gasteiger partial charge in [0.2, 0.25) is 11.8 Å². The number of amides is 2. The van der Waals surface area contributed by atoms with Crippen LogP contribution in [0.4, 0.5) is 0 Å². The third-order valence-corrected chi connectivity index (χ3v) is 3.53. The Morgan fingerprint density at radius 1 is 1.69 bits per heavy atom. The second kappa shape index (κ2) is 6.78. The SMILES string of the molecule is CCSCC[C@H](C)NC(=O)[C@H]1CCC(=O)N1. The first-order valence-electron chi connectivity index (χ1n) is 5.81. The molecule has 1 rings (SSSR count). The minimum absolute atomic E-state index is 0.0191. The highest BCUT2D eigenvalue weighted by Gasteiger charge is 2.27. The lowest BCUT2D eigenvalue weighted by molar-refractivity contribution is -0.126. The molecule has 0 unspecified atom stereocenters. The molecule has 1 heterocycles. The summed E-state index contributed by atoms with van der Waals surface area (Å²) in [7, 11) is 0. The Labute approximate surface area is 101 Å². The lowest BCUT2D eigenvalue weighted by Crippen LogP contribution is -2.45. The number of hydrogen-bond donors (Lipinski definition) is 2. The van der Waals surface area contributed by atoms with Gasteiger partial charge in [-0.05, 0) is 31.3 Å². The molecule has 1 fully saturated rings. The molecule has 0 aromatic carbocycles. The van der Waals surface area contributed by atoms with Gasteiger partial charge in [-0.3, -0.25) is 9.59 Å². The number of carbonyl (C=O) groups excluding carboxylic acids is 2. The highest BCUT2D eigenvalue weighted by molar-refractivity contribution is 7.99. The summed E-state index contributed by atoms with van der Waals surface area (Å²) in [4.78, 5) is 22.7. The third kappa shape index (κ3) is 4.43. The van der Waals surface area contributed by atoms with Gasteiger partial charge in [0.25, 0.3) is 0 Å². The zero-order chi connectivity index (χ0) is 12.0. The van der Waals surface area contributed by atoms with E-state index in [2.05, 4.69) is 17.6 Å². The van der Waals surface area contributed by atoms with Crippen LogP contribution in [-0.2, 0) is 9.59 Å². The quantitative estimate of drug-likeness (QED) is 0.683. The number of nitrogens with one attached hydrogen (secondary N) is 2. The van der Waals surface area contributed by atoms with Crippen molar-refractivity contribution in [1.29, 1.82) is 0 Å². The molecule has 2 atom stereocenters. The molecule has 4 nitrogen and oxygen atoms in total. The Morgan fingerprint density at radius 2 is 2.44 bits per heavy atom. The van der Waals surface area contributed by atoms with Gasteiger partial charge in [0.15, 0.2) is 0 Å². The molecular formula is C11H20N2O2S. The molecular weight excluding hydrogens is 224 g/mol. The van der Waals surface area contributed by atoms with Gasteiger partial charge < -0.3 is 10.6 Å². The summed E-state index contributed by atoms with van der Waals surface area (Å²) in [6.45, 7) is 4.13. The molecule has 92 valence electrons. The number of hydrogen-bond acceptors (Lipinski definition) is 3. The van der Waals surface area contributed by atoms with Crippen LogP contribution in [0.15, 0.2) is 0 Å². The predicted molar refractivity (Wildman–Crippen MR) is 66.4 cm³/mol. The molecule has 16 heavy (non-hydrogen) atoms. The second-order valence-corrected chi connectivity index (χ2v) is 5.45. The molecule has 1 aliphatic heterocycles. The van der Waals surface area contributed by atoms with Crippen molar-refractivity contribution in [2.24, 2.45) is 0 Å². The molecule has 2 N–H and O–H groups in total. The fraction of sp³-hybridized carbons (Fsp3) is 0.818. The van der Waals surface area contributed by atoms with Crippen LogP contribution >= 0.6 is 11.8 Å². The van der Waals surface area contributed by atoms with E-state index >= 15 is 0 Å². The van der Waals surface area contributed by atoms with Crippen molar-refractivity contribution in [3.63, 3.8) is 0 Å². The molecule has 0 bridgehead atoms. The fourth-order valence-electron chi connectivity index (χ4n) is 1.63. The molecule has 0 saturated carbocycles. The van der Waals surface area contributed by atoms with Gasteiger partial charge in [-0.15, -0.1) is 0 Å². The molecule has 1 saturated heterocycles. The molecule has 0 aliphatic carbocycles. The van der Waals surface area contributed by atoms with Gasteiger partial charge in [0, 0.05) is 12.5 Å². The number of thioether (sulfide) groups is 1. The zero-order valence-electron chi connectivity index (χ0n) is 9.91. The van der Waals surface area contributed by atoms with Crippen LogP contribution in [0.3, 0.4) is 0 Å². The van der Waals surface area contributed by atoms with Crippen molar-refractivity contribution in [2.75, 3.05) is 11.5 Å². The number of rotatable bonds is 6. The Bertz CT molecular complexity index is 258. The van der Waals surface area contributed by atoms with Gasteiger partial charge in [0.1, 0.15) is 6.04 Å². The van der Waals surface area contributed by atoms with Crippen LogP contribution in [0.2, 0.25) is 0 Å². The maximum absolute atomic E-state index is 11.7. The van der Waals surface area contributed by atoms with Gasteiger partial charge in [-0.25, -0.2) is 0 Å². The summed E-state index contributed by atoms with van der Waals surface area (Å²) < 4.78 is 0. The lowest BCUT2D eigenvalue weighted by atomic mass is 10.2. The maximum atomic E-state index is 11.7. The Morgan fingerprint density at radius 3 is 3.00 bits per heavy atom. The summed E-state index contributed by atoms with van der Waals surface area (Å²) in [5.74, 6) is 2.11. The van der Waals surface area contributed by atoms with E-state index in [4.69, 9.17) is 0 Å². The van der Waals surface area contributed by atoms with Crippen molar-refractivity contribution in [1.82, 2.24) is 10.6 Å². The molecule has 2 amide bonds. The summed E-state index contributed by atoms with van der Waals surface area (Å²) in [6.07, 6.45) is 2.07. The van der Waals surface area contributed by atoms with E-state index in [1.54, 1.807) is 0 Å². The first-order valence-corrected chi connectivity index (χ1v) is 6.96. The van der Waals surface area contributed by atoms with Crippen molar-refractivity contribution >= 4 is 23.6 Å². The molecule has 1 aliphatic rings. The van der Waals surface area contributed by atoms with E-state index < -0.39 is 0 Å². The van der Waals surface area contributed by atoms with Gasteiger partial charge in [-0.2, -0.15) is 11.8 Å². The molecule has 0 spiro atoms. The van der Waals surface area contributed by atoms with E-state index in [-0.39, 0.29) is 23.9 Å². The average molecular weight is 244 g/mol. The second-order valence-electron chi connectivity index (χ2n) is 4.05. The fourth-order valence-corrected chi connectivity index (χ4v) is 2.44. The van der Waals surface area contributed by atoms with E-state index in [1.165, 1.54) is 0 Å². The van der Waals surface area contributed by atoms with Crippen molar-refractivity contribution < 1.29 is 9.59 Å². The summed E-state index contributed by atoms with van der Waals surface area (Å²) in [6, 6.07) is -0.127. The van der Waals surface area contributed by atoms with Crippen molar-refractivity contribution in [3.8, 4) is 0 Å². The smallest absolute Gasteiger partial charge is 0.242 e. The predicted octanol–water partition coefficient (Wildman–Crippen LogP) is 0.913. The van der Waals surface area contributed by atoms with Crippen LogP contribution in [0.5, 0.6) is 0 Å². The highest BCUT2D eigenvalue weighted by Crippen LogP contribution is 2.08. The van der Waals surface area contributed by atoms with E-state index in [0.29, 0.717) is 12.8 Å². The minimum atomic E-state index is -0.311. The maximum Gasteiger partial charge on any atom is 0.242 e. The lowest BCUT2D eigenvalue weighted by Gasteiger charge is -2.16. The first kappa shape index (κ1) is 13.4. The standard InChI is InChI=1S/C11H20N2O2S/c1-3-16-7-6-8(2)12-11(15)9-4-5-10(14)13-9/h8-9H,3-7H2,1-2H3,(H,12,15)(H,13,14)/t8-,9+/m0/s1. The summed E-state index contributed by atoms with van der Waals surface area (Å²) in [5.41, 5.74) is 0. The molecule has 5 heteroatoms. The topological polar surface area (TPSA) is 58.2 Å². The van der Waals surface area contributed by atoms with Crippen LogP contribution in [-0.4, -0.2) is 35.4 Å². The molecule has 0 aromatic heterocycles. The number of carbonyl (C=O) groups is 2. The molecule has 0 aromatic rings. The van der Waals surface area contributed by atoms with E-state index in [1.807, 2.05) is 18.7 Å². The van der Waals surface area contributed by atoms with Crippen LogP contribution in [0.1, 0.15) is 33.1 Å². The molecule has 0 radical (unpaired) electrons. The van der Waals surface area contributed by atoms with Crippen LogP contribution in [0, 0.1) is 0 Å². The normalized spacial score (nSPS) is 21.6. The van der Waals surface area contributed by atoms with Crippen molar-refractivity contribution in [2.45, 2.75) is 45.2 Å². The monoisotopic (exact) mass is 244 g/mol. The van der Waals surface area contributed by atoms with Crippen molar-refractivity contribution in [3.05, 3.63) is 0 Å². The average Bonchev–Trinajstić information content (AvgIpc) is 2.65. The van der Waals surface area contributed by atoms with Gasteiger partial charge in [-0.1, -0.05) is 6.92 Å². The summed E-state index contributed by atoms with van der Waals surface area (Å²) >= 11 is 1.88. The van der Waals surface area contributed by atoms with E-state index in [9.17, 15) is 9.59 Å². The summed E-state index contributed by atoms with van der Waals surface area (Å²) in [5, 5.41) is 5.60. The largest absolute Gasteiger partial charge is 0.352 e. The Hall–Kier alpha value is -0.710. The van der Waals surface area contributed by atoms with Gasteiger partial charge >= 0.3 is 0 Å². The van der Waals surface area contributed by atoms with Crippen LogP contribution in [0.25, 0.3) is 0 Å².